The van der Waals surface area contributed by atoms with Gasteiger partial charge in [0.1, 0.15) is 0 Å². The highest BCUT2D eigenvalue weighted by Crippen LogP contribution is 2.23. The number of aliphatic hydroxyl groups excluding tert-OH is 1. The smallest absolute Gasteiger partial charge is 0.0738 e. The molecule has 1 aromatic heterocycles. The third kappa shape index (κ3) is 3.26. The normalized spacial score (nSPS) is 17.8. The second-order valence-corrected chi connectivity index (χ2v) is 4.83. The van der Waals surface area contributed by atoms with Crippen LogP contribution in [0.4, 0.5) is 0 Å². The van der Waals surface area contributed by atoms with Crippen molar-refractivity contribution in [1.29, 1.82) is 0 Å². The minimum atomic E-state index is 0.224. The Morgan fingerprint density at radius 3 is 2.76 bits per heavy atom. The fraction of sp³-hybridized carbons (Fsp3) is 0.833. The van der Waals surface area contributed by atoms with E-state index >= 15 is 0 Å². The molecule has 0 radical (unpaired) electrons. The molecule has 1 N–H and O–H groups in total. The quantitative estimate of drug-likeness (QED) is 0.829. The number of nitrogens with zero attached hydrogens (tertiary/aromatic N) is 4. The van der Waals surface area contributed by atoms with Crippen molar-refractivity contribution >= 4 is 0 Å². The van der Waals surface area contributed by atoms with Crippen molar-refractivity contribution in [1.82, 2.24) is 19.9 Å². The standard InChI is InChI=1S/C12H22N4O/c1-15-12(9-13-14-15)10-16(7-8-17)11-5-3-2-4-6-11/h9,11,17H,2-8,10H2,1H3. The van der Waals surface area contributed by atoms with E-state index in [4.69, 9.17) is 0 Å². The van der Waals surface area contributed by atoms with Gasteiger partial charge in [-0.05, 0) is 12.8 Å². The highest BCUT2D eigenvalue weighted by molar-refractivity contribution is 4.94. The Kier molecular flexibility index (Phi) is 4.50. The van der Waals surface area contributed by atoms with Gasteiger partial charge in [-0.1, -0.05) is 24.5 Å². The minimum Gasteiger partial charge on any atom is -0.395 e. The lowest BCUT2D eigenvalue weighted by Crippen LogP contribution is -2.38. The zero-order valence-electron chi connectivity index (χ0n) is 10.5. The summed E-state index contributed by atoms with van der Waals surface area (Å²) in [6.45, 7) is 1.81. The topological polar surface area (TPSA) is 54.2 Å². The van der Waals surface area contributed by atoms with Gasteiger partial charge in [0.05, 0.1) is 18.5 Å². The summed E-state index contributed by atoms with van der Waals surface area (Å²) in [5.41, 5.74) is 1.11. The van der Waals surface area contributed by atoms with E-state index in [2.05, 4.69) is 15.2 Å². The molecule has 0 aliphatic heterocycles. The van der Waals surface area contributed by atoms with Gasteiger partial charge in [-0.3, -0.25) is 9.58 Å². The van der Waals surface area contributed by atoms with Crippen LogP contribution in [0.5, 0.6) is 0 Å². The van der Waals surface area contributed by atoms with Crippen LogP contribution in [0.3, 0.4) is 0 Å². The molecule has 1 aromatic rings. The van der Waals surface area contributed by atoms with E-state index in [1.54, 1.807) is 0 Å². The first-order valence-corrected chi connectivity index (χ1v) is 6.49. The van der Waals surface area contributed by atoms with Crippen LogP contribution >= 0.6 is 0 Å². The van der Waals surface area contributed by atoms with E-state index in [0.29, 0.717) is 6.04 Å². The fourth-order valence-corrected chi connectivity index (χ4v) is 2.63. The molecule has 5 heteroatoms. The predicted octanol–water partition coefficient (Wildman–Crippen LogP) is 0.942. The van der Waals surface area contributed by atoms with Crippen LogP contribution in [0.25, 0.3) is 0 Å². The molecule has 1 heterocycles. The molecule has 0 atom stereocenters. The molecule has 5 nitrogen and oxygen atoms in total. The lowest BCUT2D eigenvalue weighted by molar-refractivity contribution is 0.114. The average molecular weight is 238 g/mol. The van der Waals surface area contributed by atoms with Crippen molar-refractivity contribution in [3.63, 3.8) is 0 Å². The third-order valence-electron chi connectivity index (χ3n) is 3.65. The van der Waals surface area contributed by atoms with Crippen molar-refractivity contribution in [3.8, 4) is 0 Å². The summed E-state index contributed by atoms with van der Waals surface area (Å²) in [6, 6.07) is 0.616. The number of aryl methyl sites for hydroxylation is 1. The second-order valence-electron chi connectivity index (χ2n) is 4.83. The van der Waals surface area contributed by atoms with Crippen LogP contribution in [-0.4, -0.2) is 44.2 Å². The van der Waals surface area contributed by atoms with Crippen molar-refractivity contribution in [2.45, 2.75) is 44.7 Å². The van der Waals surface area contributed by atoms with Crippen LogP contribution < -0.4 is 0 Å². The van der Waals surface area contributed by atoms with Gasteiger partial charge in [-0.25, -0.2) is 0 Å². The molecule has 96 valence electrons. The van der Waals surface area contributed by atoms with E-state index in [1.807, 2.05) is 17.9 Å². The number of aliphatic hydroxyl groups is 1. The number of rotatable bonds is 5. The van der Waals surface area contributed by atoms with Crippen LogP contribution in [-0.2, 0) is 13.6 Å². The summed E-state index contributed by atoms with van der Waals surface area (Å²) < 4.78 is 1.81. The number of hydrogen-bond acceptors (Lipinski definition) is 4. The molecule has 1 aliphatic carbocycles. The third-order valence-corrected chi connectivity index (χ3v) is 3.65. The zero-order chi connectivity index (χ0) is 12.1. The predicted molar refractivity (Wildman–Crippen MR) is 65.4 cm³/mol. The van der Waals surface area contributed by atoms with Gasteiger partial charge in [0, 0.05) is 26.2 Å². The van der Waals surface area contributed by atoms with Gasteiger partial charge in [0.2, 0.25) is 0 Å². The van der Waals surface area contributed by atoms with Crippen molar-refractivity contribution in [2.24, 2.45) is 7.05 Å². The molecule has 1 fully saturated rings. The summed E-state index contributed by atoms with van der Waals surface area (Å²) in [6.07, 6.45) is 8.31. The molecule has 0 aromatic carbocycles. The molecule has 1 saturated carbocycles. The Morgan fingerprint density at radius 2 is 2.18 bits per heavy atom. The lowest BCUT2D eigenvalue weighted by atomic mass is 9.94. The molecule has 0 bridgehead atoms. The van der Waals surface area contributed by atoms with Crippen molar-refractivity contribution in [3.05, 3.63) is 11.9 Å². The highest BCUT2D eigenvalue weighted by Gasteiger charge is 2.21. The van der Waals surface area contributed by atoms with Gasteiger partial charge in [0.15, 0.2) is 0 Å². The monoisotopic (exact) mass is 238 g/mol. The average Bonchev–Trinajstić information content (AvgIpc) is 2.76. The zero-order valence-corrected chi connectivity index (χ0v) is 10.5. The molecule has 0 amide bonds. The maximum absolute atomic E-state index is 9.19. The second kappa shape index (κ2) is 6.12. The molecule has 0 spiro atoms. The van der Waals surface area contributed by atoms with E-state index in [-0.39, 0.29) is 6.61 Å². The van der Waals surface area contributed by atoms with Crippen LogP contribution in [0.15, 0.2) is 6.20 Å². The molecular weight excluding hydrogens is 216 g/mol. The van der Waals surface area contributed by atoms with Gasteiger partial charge in [0.25, 0.3) is 0 Å². The van der Waals surface area contributed by atoms with E-state index in [9.17, 15) is 5.11 Å². The summed E-state index contributed by atoms with van der Waals surface area (Å²) in [5, 5.41) is 17.0. The van der Waals surface area contributed by atoms with Gasteiger partial charge >= 0.3 is 0 Å². The first-order chi connectivity index (χ1) is 8.31. The molecule has 1 aliphatic rings. The Bertz CT molecular complexity index is 333. The largest absolute Gasteiger partial charge is 0.395 e. The van der Waals surface area contributed by atoms with E-state index in [1.165, 1.54) is 32.1 Å². The Morgan fingerprint density at radius 1 is 1.41 bits per heavy atom. The molecule has 17 heavy (non-hydrogen) atoms. The number of aromatic nitrogens is 3. The van der Waals surface area contributed by atoms with E-state index < -0.39 is 0 Å². The number of hydrogen-bond donors (Lipinski definition) is 1. The van der Waals surface area contributed by atoms with Crippen molar-refractivity contribution in [2.75, 3.05) is 13.2 Å². The summed E-state index contributed by atoms with van der Waals surface area (Å²) in [4.78, 5) is 2.37. The van der Waals surface area contributed by atoms with E-state index in [0.717, 1.165) is 18.8 Å². The van der Waals surface area contributed by atoms with Gasteiger partial charge in [-0.15, -0.1) is 5.10 Å². The SMILES string of the molecule is Cn1nncc1CN(CCO)C1CCCCC1. The molecule has 0 saturated heterocycles. The molecule has 0 unspecified atom stereocenters. The van der Waals surface area contributed by atoms with Crippen LogP contribution in [0.1, 0.15) is 37.8 Å². The van der Waals surface area contributed by atoms with Gasteiger partial charge < -0.3 is 5.11 Å². The minimum absolute atomic E-state index is 0.224. The highest BCUT2D eigenvalue weighted by atomic mass is 16.3. The fourth-order valence-electron chi connectivity index (χ4n) is 2.63. The summed E-state index contributed by atoms with van der Waals surface area (Å²) >= 11 is 0. The van der Waals surface area contributed by atoms with Crippen LogP contribution in [0, 0.1) is 0 Å². The maximum atomic E-state index is 9.19. The molecular formula is C12H22N4O. The maximum Gasteiger partial charge on any atom is 0.0738 e. The first-order valence-electron chi connectivity index (χ1n) is 6.49. The lowest BCUT2D eigenvalue weighted by Gasteiger charge is -2.33. The Balaban J connectivity index is 1.98. The van der Waals surface area contributed by atoms with Crippen molar-refractivity contribution < 1.29 is 5.11 Å². The van der Waals surface area contributed by atoms with Gasteiger partial charge in [-0.2, -0.15) is 0 Å². The molecule has 2 rings (SSSR count). The first kappa shape index (κ1) is 12.5. The summed E-state index contributed by atoms with van der Waals surface area (Å²) in [5.74, 6) is 0. The Hall–Kier alpha value is -0.940. The summed E-state index contributed by atoms with van der Waals surface area (Å²) in [7, 11) is 1.92. The van der Waals surface area contributed by atoms with Crippen LogP contribution in [0.2, 0.25) is 0 Å². The Labute approximate surface area is 102 Å².